The lowest BCUT2D eigenvalue weighted by atomic mass is 9.98. The smallest absolute Gasteiger partial charge is 0.195 e. The van der Waals surface area contributed by atoms with E-state index in [1.807, 2.05) is 13.8 Å². The third kappa shape index (κ3) is 2.59. The Balaban J connectivity index is 2.22. The van der Waals surface area contributed by atoms with Crippen LogP contribution in [0.1, 0.15) is 25.0 Å². The molecule has 0 spiro atoms. The number of aliphatic imine (C=N–C) groups is 1. The standard InChI is InChI=1S/C16H14ClFN2O/c1-16(2)20-15(11-5-3-9(17)7-13(11)18)12-6-4-10(19)8-14(12)21-16/h3-8H,19H2,1-2H3. The summed E-state index contributed by atoms with van der Waals surface area (Å²) in [6.45, 7) is 3.62. The van der Waals surface area contributed by atoms with Crippen molar-refractivity contribution >= 4 is 23.0 Å². The molecule has 0 unspecified atom stereocenters. The van der Waals surface area contributed by atoms with Gasteiger partial charge in [0.1, 0.15) is 11.6 Å². The number of anilines is 1. The summed E-state index contributed by atoms with van der Waals surface area (Å²) in [5.74, 6) is 0.182. The van der Waals surface area contributed by atoms with Crippen LogP contribution in [0.15, 0.2) is 41.4 Å². The molecule has 1 aliphatic rings. The van der Waals surface area contributed by atoms with Crippen LogP contribution in [-0.4, -0.2) is 11.4 Å². The Kier molecular flexibility index (Phi) is 3.14. The molecule has 0 aromatic heterocycles. The van der Waals surface area contributed by atoms with Crippen molar-refractivity contribution in [1.82, 2.24) is 0 Å². The lowest BCUT2D eigenvalue weighted by Gasteiger charge is -2.30. The summed E-state index contributed by atoms with van der Waals surface area (Å²) in [7, 11) is 0. The number of rotatable bonds is 1. The lowest BCUT2D eigenvalue weighted by Crippen LogP contribution is -2.32. The summed E-state index contributed by atoms with van der Waals surface area (Å²) in [6.07, 6.45) is 0. The molecule has 0 amide bonds. The number of halogens is 2. The van der Waals surface area contributed by atoms with Gasteiger partial charge >= 0.3 is 0 Å². The van der Waals surface area contributed by atoms with Gasteiger partial charge in [-0.05, 0) is 44.2 Å². The second kappa shape index (κ2) is 4.74. The number of nitrogens with zero attached hydrogens (tertiary/aromatic N) is 1. The molecule has 5 heteroatoms. The summed E-state index contributed by atoms with van der Waals surface area (Å²) >= 11 is 5.81. The summed E-state index contributed by atoms with van der Waals surface area (Å²) in [4.78, 5) is 4.52. The van der Waals surface area contributed by atoms with E-state index in [0.29, 0.717) is 33.3 Å². The Hall–Kier alpha value is -2.07. The maximum Gasteiger partial charge on any atom is 0.195 e. The molecular formula is C16H14ClFN2O. The highest BCUT2D eigenvalue weighted by Crippen LogP contribution is 2.34. The summed E-state index contributed by atoms with van der Waals surface area (Å²) < 4.78 is 20.0. The fraction of sp³-hybridized carbons (Fsp3) is 0.188. The summed E-state index contributed by atoms with van der Waals surface area (Å²) in [5, 5.41) is 0.348. The highest BCUT2D eigenvalue weighted by Gasteiger charge is 2.29. The highest BCUT2D eigenvalue weighted by atomic mass is 35.5. The number of hydrogen-bond donors (Lipinski definition) is 1. The number of benzene rings is 2. The van der Waals surface area contributed by atoms with Crippen molar-refractivity contribution < 1.29 is 9.13 Å². The predicted molar refractivity (Wildman–Crippen MR) is 82.6 cm³/mol. The fourth-order valence-corrected chi connectivity index (χ4v) is 2.49. The quantitative estimate of drug-likeness (QED) is 0.809. The van der Waals surface area contributed by atoms with Crippen molar-refractivity contribution in [2.75, 3.05) is 5.73 Å². The van der Waals surface area contributed by atoms with Crippen molar-refractivity contribution in [2.45, 2.75) is 19.6 Å². The van der Waals surface area contributed by atoms with Gasteiger partial charge in [0, 0.05) is 27.9 Å². The molecule has 2 aromatic rings. The maximum absolute atomic E-state index is 14.2. The zero-order chi connectivity index (χ0) is 15.2. The average Bonchev–Trinajstić information content (AvgIpc) is 2.36. The minimum absolute atomic E-state index is 0.348. The van der Waals surface area contributed by atoms with Crippen molar-refractivity contribution in [3.63, 3.8) is 0 Å². The second-order valence-electron chi connectivity index (χ2n) is 5.39. The van der Waals surface area contributed by atoms with Crippen LogP contribution < -0.4 is 10.5 Å². The van der Waals surface area contributed by atoms with Crippen LogP contribution in [0.2, 0.25) is 5.02 Å². The molecule has 108 valence electrons. The van der Waals surface area contributed by atoms with Crippen LogP contribution in [0.4, 0.5) is 10.1 Å². The van der Waals surface area contributed by atoms with Crippen LogP contribution in [0.25, 0.3) is 0 Å². The number of fused-ring (bicyclic) bond motifs is 1. The SMILES string of the molecule is CC1(C)N=C(c2ccc(Cl)cc2F)c2ccc(N)cc2O1. The van der Waals surface area contributed by atoms with Crippen LogP contribution in [0, 0.1) is 5.82 Å². The molecule has 2 aromatic carbocycles. The van der Waals surface area contributed by atoms with Gasteiger partial charge in [0.15, 0.2) is 5.72 Å². The van der Waals surface area contributed by atoms with Crippen LogP contribution in [0.5, 0.6) is 5.75 Å². The van der Waals surface area contributed by atoms with E-state index in [0.717, 1.165) is 0 Å². The molecule has 0 atom stereocenters. The van der Waals surface area contributed by atoms with Gasteiger partial charge in [0.05, 0.1) is 5.71 Å². The lowest BCUT2D eigenvalue weighted by molar-refractivity contribution is 0.115. The minimum atomic E-state index is -0.789. The van der Waals surface area contributed by atoms with Crippen molar-refractivity contribution in [2.24, 2.45) is 4.99 Å². The first-order chi connectivity index (χ1) is 9.85. The van der Waals surface area contributed by atoms with E-state index < -0.39 is 11.5 Å². The Bertz CT molecular complexity index is 756. The predicted octanol–water partition coefficient (Wildman–Crippen LogP) is 4.03. The Morgan fingerprint density at radius 3 is 2.57 bits per heavy atom. The molecule has 21 heavy (non-hydrogen) atoms. The first-order valence-electron chi connectivity index (χ1n) is 6.50. The molecular weight excluding hydrogens is 291 g/mol. The third-order valence-electron chi connectivity index (χ3n) is 3.19. The van der Waals surface area contributed by atoms with Gasteiger partial charge in [-0.2, -0.15) is 0 Å². The number of nitrogen functional groups attached to an aromatic ring is 1. The minimum Gasteiger partial charge on any atom is -0.466 e. The van der Waals surface area contributed by atoms with E-state index in [1.54, 1.807) is 30.3 Å². The first-order valence-corrected chi connectivity index (χ1v) is 6.88. The molecule has 1 aliphatic heterocycles. The molecule has 2 N–H and O–H groups in total. The van der Waals surface area contributed by atoms with Gasteiger partial charge in [-0.15, -0.1) is 0 Å². The molecule has 3 nitrogen and oxygen atoms in total. The molecule has 1 heterocycles. The Labute approximate surface area is 127 Å². The first kappa shape index (κ1) is 13.9. The van der Waals surface area contributed by atoms with E-state index >= 15 is 0 Å². The molecule has 0 saturated carbocycles. The van der Waals surface area contributed by atoms with Crippen LogP contribution in [0.3, 0.4) is 0 Å². The Morgan fingerprint density at radius 1 is 1.14 bits per heavy atom. The molecule has 0 fully saturated rings. The largest absolute Gasteiger partial charge is 0.466 e. The maximum atomic E-state index is 14.2. The van der Waals surface area contributed by atoms with Gasteiger partial charge in [-0.3, -0.25) is 0 Å². The third-order valence-corrected chi connectivity index (χ3v) is 3.42. The van der Waals surface area contributed by atoms with Gasteiger partial charge in [-0.25, -0.2) is 9.38 Å². The van der Waals surface area contributed by atoms with Crippen molar-refractivity contribution in [1.29, 1.82) is 0 Å². The van der Waals surface area contributed by atoms with Gasteiger partial charge < -0.3 is 10.5 Å². The van der Waals surface area contributed by atoms with Crippen LogP contribution >= 0.6 is 11.6 Å². The second-order valence-corrected chi connectivity index (χ2v) is 5.83. The van der Waals surface area contributed by atoms with E-state index in [-0.39, 0.29) is 0 Å². The van der Waals surface area contributed by atoms with Gasteiger partial charge in [0.25, 0.3) is 0 Å². The van der Waals surface area contributed by atoms with Crippen molar-refractivity contribution in [3.05, 3.63) is 58.4 Å². The molecule has 0 aliphatic carbocycles. The van der Waals surface area contributed by atoms with Crippen molar-refractivity contribution in [3.8, 4) is 5.75 Å². The van der Waals surface area contributed by atoms with Crippen LogP contribution in [-0.2, 0) is 0 Å². The molecule has 0 bridgehead atoms. The normalized spacial score (nSPS) is 15.9. The summed E-state index contributed by atoms with van der Waals surface area (Å²) in [5.41, 5.74) is 7.23. The van der Waals surface area contributed by atoms with E-state index in [4.69, 9.17) is 22.1 Å². The molecule has 0 radical (unpaired) electrons. The highest BCUT2D eigenvalue weighted by molar-refractivity contribution is 6.30. The number of hydrogen-bond acceptors (Lipinski definition) is 3. The fourth-order valence-electron chi connectivity index (χ4n) is 2.33. The Morgan fingerprint density at radius 2 is 1.86 bits per heavy atom. The average molecular weight is 305 g/mol. The zero-order valence-corrected chi connectivity index (χ0v) is 12.4. The van der Waals surface area contributed by atoms with E-state index in [9.17, 15) is 4.39 Å². The number of nitrogens with two attached hydrogens (primary N) is 1. The van der Waals surface area contributed by atoms with E-state index in [1.165, 1.54) is 6.07 Å². The topological polar surface area (TPSA) is 47.6 Å². The number of ether oxygens (including phenoxy) is 1. The molecule has 3 rings (SSSR count). The van der Waals surface area contributed by atoms with E-state index in [2.05, 4.69) is 4.99 Å². The molecule has 0 saturated heterocycles. The van der Waals surface area contributed by atoms with Gasteiger partial charge in [-0.1, -0.05) is 11.6 Å². The van der Waals surface area contributed by atoms with Gasteiger partial charge in [0.2, 0.25) is 0 Å². The summed E-state index contributed by atoms with van der Waals surface area (Å²) in [6, 6.07) is 9.79. The zero-order valence-electron chi connectivity index (χ0n) is 11.7. The monoisotopic (exact) mass is 304 g/mol.